The summed E-state index contributed by atoms with van der Waals surface area (Å²) in [5.74, 6) is 1.87. The second kappa shape index (κ2) is 8.26. The predicted molar refractivity (Wildman–Crippen MR) is 108 cm³/mol. The summed E-state index contributed by atoms with van der Waals surface area (Å²) in [6.07, 6.45) is 1.83. The molecule has 27 heavy (non-hydrogen) atoms. The lowest BCUT2D eigenvalue weighted by Gasteiger charge is -2.16. The average molecular weight is 386 g/mol. The minimum absolute atomic E-state index is 0.126. The first-order chi connectivity index (χ1) is 13.0. The fraction of sp³-hybridized carbons (Fsp3) is 0.250. The number of nitrogens with one attached hydrogen (secondary N) is 2. The highest BCUT2D eigenvalue weighted by atomic mass is 32.2. The lowest BCUT2D eigenvalue weighted by molar-refractivity contribution is -0.116. The van der Waals surface area contributed by atoms with Crippen molar-refractivity contribution in [2.75, 3.05) is 26.6 Å². The molecule has 0 radical (unpaired) electrons. The predicted octanol–water partition coefficient (Wildman–Crippen LogP) is 3.62. The molecule has 1 saturated heterocycles. The van der Waals surface area contributed by atoms with E-state index >= 15 is 0 Å². The molecule has 0 aliphatic carbocycles. The molecule has 1 aliphatic rings. The summed E-state index contributed by atoms with van der Waals surface area (Å²) in [6.45, 7) is 2.01. The fourth-order valence-corrected chi connectivity index (χ4v) is 3.71. The Hall–Kier alpha value is -2.80. The summed E-state index contributed by atoms with van der Waals surface area (Å²) in [6, 6.07) is 11.4. The second-order valence-electron chi connectivity index (χ2n) is 5.94. The lowest BCUT2D eigenvalue weighted by atomic mass is 10.2. The molecule has 1 aliphatic heterocycles. The summed E-state index contributed by atoms with van der Waals surface area (Å²) >= 11 is 1.42. The van der Waals surface area contributed by atoms with Gasteiger partial charge in [0, 0.05) is 0 Å². The Morgan fingerprint density at radius 3 is 2.41 bits per heavy atom. The number of ether oxygens (including phenoxy) is 3. The third-order valence-electron chi connectivity index (χ3n) is 4.08. The standard InChI is InChI=1S/C20H22N2O4S/c1-12-5-7-15(24-2)14(9-12)21-20-22-19(23)18(27-20)11-13-6-8-16(25-3)17(10-13)26-4/h5-11,20-21H,1-4H3,(H,22,23)/b18-11-. The molecule has 7 heteroatoms. The summed E-state index contributed by atoms with van der Waals surface area (Å²) in [5.41, 5.74) is 2.52. The number of thioether (sulfide) groups is 1. The van der Waals surface area contributed by atoms with Gasteiger partial charge in [-0.3, -0.25) is 4.79 Å². The number of benzene rings is 2. The molecule has 1 atom stereocenters. The zero-order valence-corrected chi connectivity index (χ0v) is 16.5. The van der Waals surface area contributed by atoms with Crippen LogP contribution in [0.25, 0.3) is 6.08 Å². The van der Waals surface area contributed by atoms with Crippen molar-refractivity contribution in [2.45, 2.75) is 12.4 Å². The molecular formula is C20H22N2O4S. The fourth-order valence-electron chi connectivity index (χ4n) is 2.74. The molecule has 2 aromatic carbocycles. The van der Waals surface area contributed by atoms with E-state index in [9.17, 15) is 4.79 Å². The maximum Gasteiger partial charge on any atom is 0.260 e. The summed E-state index contributed by atoms with van der Waals surface area (Å²) in [4.78, 5) is 13.0. The van der Waals surface area contributed by atoms with Crippen LogP contribution in [0.3, 0.4) is 0 Å². The highest BCUT2D eigenvalue weighted by Crippen LogP contribution is 2.34. The van der Waals surface area contributed by atoms with Crippen LogP contribution < -0.4 is 24.8 Å². The second-order valence-corrected chi connectivity index (χ2v) is 7.09. The number of rotatable bonds is 6. The van der Waals surface area contributed by atoms with Crippen LogP contribution in [0.15, 0.2) is 41.3 Å². The molecule has 1 unspecified atom stereocenters. The summed E-state index contributed by atoms with van der Waals surface area (Å²) in [5, 5.41) is 6.24. The van der Waals surface area contributed by atoms with E-state index in [0.29, 0.717) is 16.4 Å². The smallest absolute Gasteiger partial charge is 0.260 e. The van der Waals surface area contributed by atoms with Gasteiger partial charge in [-0.05, 0) is 48.4 Å². The van der Waals surface area contributed by atoms with Crippen molar-refractivity contribution >= 4 is 29.4 Å². The van der Waals surface area contributed by atoms with Crippen LogP contribution in [0.5, 0.6) is 17.2 Å². The highest BCUT2D eigenvalue weighted by molar-refractivity contribution is 8.05. The van der Waals surface area contributed by atoms with Crippen molar-refractivity contribution in [2.24, 2.45) is 0 Å². The van der Waals surface area contributed by atoms with Crippen LogP contribution in [-0.4, -0.2) is 32.7 Å². The van der Waals surface area contributed by atoms with Gasteiger partial charge < -0.3 is 24.8 Å². The summed E-state index contributed by atoms with van der Waals surface area (Å²) < 4.78 is 15.9. The normalized spacial score (nSPS) is 17.6. The van der Waals surface area contributed by atoms with E-state index in [4.69, 9.17) is 14.2 Å². The van der Waals surface area contributed by atoms with Gasteiger partial charge in [0.25, 0.3) is 5.91 Å². The van der Waals surface area contributed by atoms with Crippen molar-refractivity contribution in [1.29, 1.82) is 0 Å². The van der Waals surface area contributed by atoms with Crippen molar-refractivity contribution in [3.05, 3.63) is 52.4 Å². The third kappa shape index (κ3) is 4.31. The average Bonchev–Trinajstić information content (AvgIpc) is 3.00. The van der Waals surface area contributed by atoms with Crippen LogP contribution in [0.4, 0.5) is 5.69 Å². The van der Waals surface area contributed by atoms with Gasteiger partial charge in [-0.15, -0.1) is 0 Å². The molecule has 6 nitrogen and oxygen atoms in total. The monoisotopic (exact) mass is 386 g/mol. The number of aryl methyl sites for hydroxylation is 1. The number of hydrogen-bond acceptors (Lipinski definition) is 6. The van der Waals surface area contributed by atoms with Crippen LogP contribution in [0.2, 0.25) is 0 Å². The van der Waals surface area contributed by atoms with Crippen LogP contribution in [-0.2, 0) is 4.79 Å². The van der Waals surface area contributed by atoms with Gasteiger partial charge in [0.1, 0.15) is 5.75 Å². The quantitative estimate of drug-likeness (QED) is 0.739. The Balaban J connectivity index is 1.78. The molecular weight excluding hydrogens is 364 g/mol. The first kappa shape index (κ1) is 19.0. The summed E-state index contributed by atoms with van der Waals surface area (Å²) in [7, 11) is 4.80. The van der Waals surface area contributed by atoms with Crippen LogP contribution in [0.1, 0.15) is 11.1 Å². The Morgan fingerprint density at radius 2 is 1.70 bits per heavy atom. The molecule has 2 N–H and O–H groups in total. The molecule has 3 rings (SSSR count). The van der Waals surface area contributed by atoms with Gasteiger partial charge in [-0.25, -0.2) is 0 Å². The van der Waals surface area contributed by atoms with Crippen LogP contribution in [0, 0.1) is 6.92 Å². The van der Waals surface area contributed by atoms with E-state index in [0.717, 1.165) is 22.6 Å². The number of amides is 1. The van der Waals surface area contributed by atoms with Crippen LogP contribution >= 0.6 is 11.8 Å². The topological polar surface area (TPSA) is 68.8 Å². The molecule has 0 bridgehead atoms. The molecule has 142 valence electrons. The number of anilines is 1. The van der Waals surface area contributed by atoms with Gasteiger partial charge in [0.2, 0.25) is 0 Å². The number of carbonyl (C=O) groups excluding carboxylic acids is 1. The van der Waals surface area contributed by atoms with Crippen molar-refractivity contribution in [1.82, 2.24) is 5.32 Å². The minimum atomic E-state index is -0.278. The van der Waals surface area contributed by atoms with Crippen molar-refractivity contribution in [3.63, 3.8) is 0 Å². The van der Waals surface area contributed by atoms with Gasteiger partial charge in [0.15, 0.2) is 17.0 Å². The van der Waals surface area contributed by atoms with E-state index in [1.807, 2.05) is 49.4 Å². The molecule has 0 saturated carbocycles. The Morgan fingerprint density at radius 1 is 1.00 bits per heavy atom. The van der Waals surface area contributed by atoms with Gasteiger partial charge >= 0.3 is 0 Å². The van der Waals surface area contributed by atoms with Crippen molar-refractivity contribution < 1.29 is 19.0 Å². The zero-order chi connectivity index (χ0) is 19.4. The Bertz CT molecular complexity index is 882. The van der Waals surface area contributed by atoms with Gasteiger partial charge in [-0.1, -0.05) is 23.9 Å². The maximum atomic E-state index is 12.4. The van der Waals surface area contributed by atoms with Gasteiger partial charge in [0.05, 0.1) is 31.9 Å². The minimum Gasteiger partial charge on any atom is -0.495 e. The van der Waals surface area contributed by atoms with E-state index in [-0.39, 0.29) is 11.4 Å². The Labute approximate surface area is 162 Å². The van der Waals surface area contributed by atoms with Gasteiger partial charge in [-0.2, -0.15) is 0 Å². The number of carbonyl (C=O) groups is 1. The first-order valence-corrected chi connectivity index (χ1v) is 9.24. The molecule has 2 aromatic rings. The molecule has 1 fully saturated rings. The molecule has 0 spiro atoms. The van der Waals surface area contributed by atoms with E-state index in [1.165, 1.54) is 11.8 Å². The number of methoxy groups -OCH3 is 3. The Kier molecular flexibility index (Phi) is 5.81. The SMILES string of the molecule is COc1ccc(C)cc1NC1NC(=O)/C(=C/c2ccc(OC)c(OC)c2)S1. The van der Waals surface area contributed by atoms with E-state index < -0.39 is 0 Å². The van der Waals surface area contributed by atoms with E-state index in [2.05, 4.69) is 10.6 Å². The van der Waals surface area contributed by atoms with Crippen molar-refractivity contribution in [3.8, 4) is 17.2 Å². The third-order valence-corrected chi connectivity index (χ3v) is 5.11. The maximum absolute atomic E-state index is 12.4. The molecule has 1 amide bonds. The van der Waals surface area contributed by atoms with E-state index in [1.54, 1.807) is 21.3 Å². The largest absolute Gasteiger partial charge is 0.495 e. The number of hydrogen-bond donors (Lipinski definition) is 2. The first-order valence-electron chi connectivity index (χ1n) is 8.36. The highest BCUT2D eigenvalue weighted by Gasteiger charge is 2.27. The zero-order valence-electron chi connectivity index (χ0n) is 15.7. The lowest BCUT2D eigenvalue weighted by Crippen LogP contribution is -2.31. The molecule has 1 heterocycles. The molecule has 0 aromatic heterocycles.